The van der Waals surface area contributed by atoms with Crippen LogP contribution in [0.3, 0.4) is 0 Å². The molecule has 0 radical (unpaired) electrons. The maximum absolute atomic E-state index is 14.1. The van der Waals surface area contributed by atoms with Crippen LogP contribution in [0.4, 0.5) is 32.0 Å². The van der Waals surface area contributed by atoms with Crippen molar-refractivity contribution in [3.8, 4) is 33.6 Å². The van der Waals surface area contributed by atoms with Crippen LogP contribution in [-0.2, 0) is 12.4 Å². The molecule has 9 heteroatoms. The van der Waals surface area contributed by atoms with E-state index >= 15 is 0 Å². The number of hydrogen-bond acceptors (Lipinski definition) is 0. The first-order chi connectivity index (χ1) is 26.8. The van der Waals surface area contributed by atoms with Crippen molar-refractivity contribution in [1.29, 1.82) is 0 Å². The van der Waals surface area contributed by atoms with Gasteiger partial charge in [-0.1, -0.05) is 83.9 Å². The molecule has 2 aromatic heterocycles. The van der Waals surface area contributed by atoms with E-state index in [1.807, 2.05) is 97.3 Å². The Morgan fingerprint density at radius 3 is 1.41 bits per heavy atom. The van der Waals surface area contributed by atoms with Gasteiger partial charge in [-0.2, -0.15) is 26.3 Å². The largest absolute Gasteiger partial charge is 0.416 e. The van der Waals surface area contributed by atoms with Crippen molar-refractivity contribution in [3.63, 3.8) is 0 Å². The van der Waals surface area contributed by atoms with Gasteiger partial charge in [-0.25, -0.2) is 4.85 Å². The van der Waals surface area contributed by atoms with Crippen molar-refractivity contribution in [2.45, 2.75) is 26.2 Å². The summed E-state index contributed by atoms with van der Waals surface area (Å²) in [5.41, 5.74) is 5.70. The van der Waals surface area contributed by atoms with Crippen LogP contribution in [0.5, 0.6) is 0 Å². The topological polar surface area (TPSA) is 14.2 Å². The molecule has 0 saturated heterocycles. The first-order valence-corrected chi connectivity index (χ1v) is 17.8. The molecule has 7 aromatic carbocycles. The smallest absolute Gasteiger partial charge is 0.310 e. The molecule has 0 bridgehead atoms. The zero-order valence-corrected chi connectivity index (χ0v) is 29.9. The maximum atomic E-state index is 14.1. The van der Waals surface area contributed by atoms with E-state index in [0.29, 0.717) is 28.2 Å². The van der Waals surface area contributed by atoms with E-state index in [0.717, 1.165) is 66.9 Å². The predicted octanol–water partition coefficient (Wildman–Crippen LogP) is 14.4. The molecule has 3 nitrogen and oxygen atoms in total. The van der Waals surface area contributed by atoms with Crippen molar-refractivity contribution >= 4 is 49.3 Å². The normalized spacial score (nSPS) is 12.3. The van der Waals surface area contributed by atoms with E-state index in [1.54, 1.807) is 24.3 Å². The number of halogens is 6. The summed E-state index contributed by atoms with van der Waals surface area (Å²) in [6.07, 6.45) is -10.0. The second kappa shape index (κ2) is 12.6. The summed E-state index contributed by atoms with van der Waals surface area (Å²) < 4.78 is 88.8. The molecule has 0 amide bonds. The van der Waals surface area contributed by atoms with Crippen molar-refractivity contribution in [3.05, 3.63) is 173 Å². The Kier molecular flexibility index (Phi) is 7.89. The highest BCUT2D eigenvalue weighted by atomic mass is 19.4. The van der Waals surface area contributed by atoms with E-state index in [2.05, 4.69) is 27.6 Å². The van der Waals surface area contributed by atoms with Gasteiger partial charge in [-0.3, -0.25) is 0 Å². The Bertz CT molecular complexity index is 3070. The monoisotopic (exact) mass is 749 g/mol. The van der Waals surface area contributed by atoms with Crippen molar-refractivity contribution in [1.82, 2.24) is 9.13 Å². The molecule has 2 heterocycles. The molecule has 0 aliphatic rings. The molecule has 0 aliphatic carbocycles. The van der Waals surface area contributed by atoms with Gasteiger partial charge in [-0.15, -0.1) is 0 Å². The molecule has 0 fully saturated rings. The molecule has 274 valence electrons. The third-order valence-electron chi connectivity index (χ3n) is 10.5. The summed E-state index contributed by atoms with van der Waals surface area (Å²) in [7, 11) is 0. The van der Waals surface area contributed by atoms with Gasteiger partial charge in [0.1, 0.15) is 0 Å². The SMILES string of the molecule is [C-]#[N+]c1ccc(-c2ccc(-c3cc(C(F)(F)F)cc(C(F)(F)F)c3)cc2-n2c3ccccc3c3cc(C)ccc32)c(-n2c3ccccc3c3cc(C)ccc32)c1. The Balaban J connectivity index is 1.41. The number of nitrogens with zero attached hydrogens (tertiary/aromatic N) is 3. The Morgan fingerprint density at radius 2 is 0.911 bits per heavy atom. The highest BCUT2D eigenvalue weighted by Crippen LogP contribution is 2.45. The fraction of sp³-hybridized carbons (Fsp3) is 0.0851. The number of fused-ring (bicyclic) bond motifs is 6. The lowest BCUT2D eigenvalue weighted by Crippen LogP contribution is -2.11. The Labute approximate surface area is 317 Å². The van der Waals surface area contributed by atoms with Crippen LogP contribution in [0, 0.1) is 20.4 Å². The van der Waals surface area contributed by atoms with E-state index in [9.17, 15) is 26.3 Å². The molecule has 0 atom stereocenters. The summed E-state index contributed by atoms with van der Waals surface area (Å²) in [6.45, 7) is 12.0. The van der Waals surface area contributed by atoms with Crippen LogP contribution < -0.4 is 0 Å². The lowest BCUT2D eigenvalue weighted by Gasteiger charge is -2.21. The highest BCUT2D eigenvalue weighted by Gasteiger charge is 2.37. The van der Waals surface area contributed by atoms with Crippen LogP contribution in [0.2, 0.25) is 0 Å². The number of rotatable bonds is 4. The van der Waals surface area contributed by atoms with Crippen molar-refractivity contribution in [2.75, 3.05) is 0 Å². The molecule has 9 aromatic rings. The van der Waals surface area contributed by atoms with E-state index in [4.69, 9.17) is 6.57 Å². The third kappa shape index (κ3) is 5.68. The number of hydrogen-bond donors (Lipinski definition) is 0. The lowest BCUT2D eigenvalue weighted by atomic mass is 9.94. The average molecular weight is 750 g/mol. The molecule has 9 rings (SSSR count). The van der Waals surface area contributed by atoms with Crippen molar-refractivity contribution in [2.24, 2.45) is 0 Å². The summed E-state index contributed by atoms with van der Waals surface area (Å²) in [5, 5.41) is 3.92. The molecule has 0 aliphatic heterocycles. The number of aromatic nitrogens is 2. The third-order valence-corrected chi connectivity index (χ3v) is 10.5. The molecule has 0 saturated carbocycles. The maximum Gasteiger partial charge on any atom is 0.416 e. The summed E-state index contributed by atoms with van der Waals surface area (Å²) in [6, 6.07) is 40.0. The molecular weight excluding hydrogens is 721 g/mol. The second-order valence-corrected chi connectivity index (χ2v) is 14.1. The predicted molar refractivity (Wildman–Crippen MR) is 212 cm³/mol. The number of alkyl halides is 6. The molecule has 56 heavy (non-hydrogen) atoms. The van der Waals surface area contributed by atoms with Gasteiger partial charge in [0, 0.05) is 38.4 Å². The number of aryl methyl sites for hydroxylation is 2. The summed E-state index contributed by atoms with van der Waals surface area (Å²) in [4.78, 5) is 3.77. The molecular formula is C47H29F6N3. The standard InChI is InChI=1S/C47H29F6N3/c1-27-12-18-42-38(20-27)34-8-4-6-10-40(34)55(42)44-24-29(30-22-31(46(48,49)50)25-32(23-30)47(51,52)53)14-16-36(44)37-17-15-33(54-3)26-45(37)56-41-11-7-5-9-35(41)39-21-28(2)13-19-43(39)56/h4-26H,1-2H3. The van der Waals surface area contributed by atoms with Gasteiger partial charge < -0.3 is 9.13 Å². The number of para-hydroxylation sites is 2. The second-order valence-electron chi connectivity index (χ2n) is 14.1. The fourth-order valence-electron chi connectivity index (χ4n) is 7.94. The Hall–Kier alpha value is -6.79. The first-order valence-electron chi connectivity index (χ1n) is 17.8. The van der Waals surface area contributed by atoms with Gasteiger partial charge in [0.15, 0.2) is 5.69 Å². The minimum absolute atomic E-state index is 0.145. The van der Waals surface area contributed by atoms with Gasteiger partial charge in [-0.05, 0) is 91.7 Å². The van der Waals surface area contributed by atoms with Crippen LogP contribution >= 0.6 is 0 Å². The van der Waals surface area contributed by atoms with Gasteiger partial charge in [0.25, 0.3) is 0 Å². The van der Waals surface area contributed by atoms with E-state index in [-0.39, 0.29) is 17.2 Å². The van der Waals surface area contributed by atoms with Crippen LogP contribution in [0.15, 0.2) is 140 Å². The number of benzene rings is 7. The zero-order chi connectivity index (χ0) is 39.1. The van der Waals surface area contributed by atoms with E-state index < -0.39 is 23.5 Å². The minimum atomic E-state index is -5.01. The van der Waals surface area contributed by atoms with Crippen LogP contribution in [0.1, 0.15) is 22.3 Å². The fourth-order valence-corrected chi connectivity index (χ4v) is 7.94. The van der Waals surface area contributed by atoms with Crippen LogP contribution in [-0.4, -0.2) is 9.13 Å². The minimum Gasteiger partial charge on any atom is -0.310 e. The van der Waals surface area contributed by atoms with Crippen LogP contribution in [0.25, 0.3) is 82.1 Å². The quantitative estimate of drug-likeness (QED) is 0.126. The lowest BCUT2D eigenvalue weighted by molar-refractivity contribution is -0.143. The van der Waals surface area contributed by atoms with Gasteiger partial charge >= 0.3 is 12.4 Å². The highest BCUT2D eigenvalue weighted by molar-refractivity contribution is 6.12. The first kappa shape index (κ1) is 34.9. The summed E-state index contributed by atoms with van der Waals surface area (Å²) >= 11 is 0. The zero-order valence-electron chi connectivity index (χ0n) is 29.9. The van der Waals surface area contributed by atoms with Crippen molar-refractivity contribution < 1.29 is 26.3 Å². The molecule has 0 N–H and O–H groups in total. The van der Waals surface area contributed by atoms with Gasteiger partial charge in [0.05, 0.1) is 45.5 Å². The molecule has 0 spiro atoms. The van der Waals surface area contributed by atoms with Gasteiger partial charge in [0.2, 0.25) is 0 Å². The summed E-state index contributed by atoms with van der Waals surface area (Å²) in [5.74, 6) is 0. The van der Waals surface area contributed by atoms with E-state index in [1.165, 1.54) is 0 Å². The molecule has 0 unspecified atom stereocenters. The average Bonchev–Trinajstić information content (AvgIpc) is 3.68. The Morgan fingerprint density at radius 1 is 0.446 bits per heavy atom.